The molecule has 0 atom stereocenters. The number of nitrogens with zero attached hydrogens (tertiary/aromatic N) is 1. The highest BCUT2D eigenvalue weighted by Crippen LogP contribution is 2.16. The summed E-state index contributed by atoms with van der Waals surface area (Å²) >= 11 is 0. The number of para-hydroxylation sites is 1. The number of carbonyl (C=O) groups excluding carboxylic acids is 1. The van der Waals surface area contributed by atoms with Crippen molar-refractivity contribution in [1.29, 1.82) is 0 Å². The molecule has 5 nitrogen and oxygen atoms in total. The number of hydrogen-bond donors (Lipinski definition) is 2. The molecule has 0 spiro atoms. The van der Waals surface area contributed by atoms with Gasteiger partial charge in [-0.25, -0.2) is 5.43 Å². The SMILES string of the molecule is CC(C)COc1ccc(C(=O)N/N=C/c2c[nH]c3ccccc23)cc1. The van der Waals surface area contributed by atoms with E-state index in [1.807, 2.05) is 30.5 Å². The summed E-state index contributed by atoms with van der Waals surface area (Å²) in [6, 6.07) is 15.0. The van der Waals surface area contributed by atoms with Crippen LogP contribution in [0.5, 0.6) is 5.75 Å². The van der Waals surface area contributed by atoms with E-state index in [1.165, 1.54) is 0 Å². The van der Waals surface area contributed by atoms with E-state index in [9.17, 15) is 4.79 Å². The summed E-state index contributed by atoms with van der Waals surface area (Å²) in [7, 11) is 0. The zero-order chi connectivity index (χ0) is 17.6. The van der Waals surface area contributed by atoms with Gasteiger partial charge in [-0.3, -0.25) is 4.79 Å². The number of benzene rings is 2. The number of H-pyrrole nitrogens is 1. The van der Waals surface area contributed by atoms with E-state index in [4.69, 9.17) is 4.74 Å². The second kappa shape index (κ2) is 7.66. The molecule has 2 N–H and O–H groups in total. The molecule has 128 valence electrons. The third kappa shape index (κ3) is 4.26. The van der Waals surface area contributed by atoms with Gasteiger partial charge in [0.25, 0.3) is 5.91 Å². The summed E-state index contributed by atoms with van der Waals surface area (Å²) in [6.07, 6.45) is 3.50. The van der Waals surface area contributed by atoms with Gasteiger partial charge < -0.3 is 9.72 Å². The van der Waals surface area contributed by atoms with Gasteiger partial charge in [0.05, 0.1) is 12.8 Å². The molecule has 1 heterocycles. The number of amides is 1. The first-order valence-electron chi connectivity index (χ1n) is 8.26. The van der Waals surface area contributed by atoms with Gasteiger partial charge in [0.15, 0.2) is 0 Å². The summed E-state index contributed by atoms with van der Waals surface area (Å²) < 4.78 is 5.61. The Morgan fingerprint density at radius 3 is 2.72 bits per heavy atom. The maximum absolute atomic E-state index is 12.1. The molecule has 0 aliphatic rings. The van der Waals surface area contributed by atoms with Crippen molar-refractivity contribution in [3.63, 3.8) is 0 Å². The molecular weight excluding hydrogens is 314 g/mol. The van der Waals surface area contributed by atoms with Crippen LogP contribution >= 0.6 is 0 Å². The Balaban J connectivity index is 1.60. The zero-order valence-electron chi connectivity index (χ0n) is 14.3. The van der Waals surface area contributed by atoms with E-state index >= 15 is 0 Å². The monoisotopic (exact) mass is 335 g/mol. The minimum absolute atomic E-state index is 0.258. The Hall–Kier alpha value is -3.08. The standard InChI is InChI=1S/C20H21N3O2/c1-14(2)13-25-17-9-7-15(8-10-17)20(24)23-22-12-16-11-21-19-6-4-3-5-18(16)19/h3-12,14,21H,13H2,1-2H3,(H,23,24)/b22-12+. The summed E-state index contributed by atoms with van der Waals surface area (Å²) in [4.78, 5) is 15.3. The van der Waals surface area contributed by atoms with E-state index < -0.39 is 0 Å². The molecule has 25 heavy (non-hydrogen) atoms. The fourth-order valence-corrected chi connectivity index (χ4v) is 2.39. The molecule has 5 heteroatoms. The van der Waals surface area contributed by atoms with Gasteiger partial charge >= 0.3 is 0 Å². The maximum Gasteiger partial charge on any atom is 0.271 e. The van der Waals surface area contributed by atoms with Crippen LogP contribution < -0.4 is 10.2 Å². The summed E-state index contributed by atoms with van der Waals surface area (Å²) in [5, 5.41) is 5.11. The van der Waals surface area contributed by atoms with Crippen LogP contribution in [0.1, 0.15) is 29.8 Å². The third-order valence-electron chi connectivity index (χ3n) is 3.69. The van der Waals surface area contributed by atoms with Crippen LogP contribution in [0.3, 0.4) is 0 Å². The molecule has 0 unspecified atom stereocenters. The molecule has 2 aromatic carbocycles. The second-order valence-corrected chi connectivity index (χ2v) is 6.22. The molecule has 0 aliphatic carbocycles. The highest BCUT2D eigenvalue weighted by Gasteiger charge is 2.05. The van der Waals surface area contributed by atoms with Gasteiger partial charge in [0.2, 0.25) is 0 Å². The normalized spacial score (nSPS) is 11.3. The summed E-state index contributed by atoms with van der Waals surface area (Å²) in [5.41, 5.74) is 5.04. The molecule has 0 bridgehead atoms. The Labute approximate surface area is 146 Å². The van der Waals surface area contributed by atoms with Crippen LogP contribution in [0, 0.1) is 5.92 Å². The van der Waals surface area contributed by atoms with Gasteiger partial charge in [0, 0.05) is 28.2 Å². The average Bonchev–Trinajstić information content (AvgIpc) is 3.03. The number of hydrazone groups is 1. The van der Waals surface area contributed by atoms with Crippen molar-refractivity contribution in [2.45, 2.75) is 13.8 Å². The van der Waals surface area contributed by atoms with Crippen molar-refractivity contribution in [3.8, 4) is 5.75 Å². The van der Waals surface area contributed by atoms with E-state index in [1.54, 1.807) is 30.5 Å². The fourth-order valence-electron chi connectivity index (χ4n) is 2.39. The predicted octanol–water partition coefficient (Wildman–Crippen LogP) is 3.97. The number of carbonyl (C=O) groups is 1. The average molecular weight is 335 g/mol. The first-order chi connectivity index (χ1) is 12.1. The summed E-state index contributed by atoms with van der Waals surface area (Å²) in [5.74, 6) is 0.959. The first-order valence-corrected chi connectivity index (χ1v) is 8.26. The van der Waals surface area contributed by atoms with Crippen molar-refractivity contribution in [2.75, 3.05) is 6.61 Å². The van der Waals surface area contributed by atoms with Crippen molar-refractivity contribution in [1.82, 2.24) is 10.4 Å². The molecule has 0 saturated carbocycles. The molecule has 3 rings (SSSR count). The van der Waals surface area contributed by atoms with Crippen molar-refractivity contribution in [3.05, 3.63) is 65.9 Å². The van der Waals surface area contributed by atoms with Gasteiger partial charge in [-0.1, -0.05) is 32.0 Å². The lowest BCUT2D eigenvalue weighted by molar-refractivity contribution is 0.0955. The number of nitrogens with one attached hydrogen (secondary N) is 2. The Morgan fingerprint density at radius 2 is 1.96 bits per heavy atom. The van der Waals surface area contributed by atoms with Crippen molar-refractivity contribution < 1.29 is 9.53 Å². The maximum atomic E-state index is 12.1. The zero-order valence-corrected chi connectivity index (χ0v) is 14.3. The molecule has 1 aromatic heterocycles. The van der Waals surface area contributed by atoms with Crippen LogP contribution in [0.4, 0.5) is 0 Å². The van der Waals surface area contributed by atoms with Crippen LogP contribution in [-0.2, 0) is 0 Å². The largest absolute Gasteiger partial charge is 0.493 e. The number of hydrogen-bond acceptors (Lipinski definition) is 3. The van der Waals surface area contributed by atoms with Crippen LogP contribution in [0.2, 0.25) is 0 Å². The predicted molar refractivity (Wildman–Crippen MR) is 100 cm³/mol. The summed E-state index contributed by atoms with van der Waals surface area (Å²) in [6.45, 7) is 4.83. The van der Waals surface area contributed by atoms with Crippen LogP contribution in [0.25, 0.3) is 10.9 Å². The molecule has 0 aliphatic heterocycles. The minimum atomic E-state index is -0.258. The van der Waals surface area contributed by atoms with Crippen molar-refractivity contribution in [2.24, 2.45) is 11.0 Å². The molecule has 3 aromatic rings. The topological polar surface area (TPSA) is 66.5 Å². The van der Waals surface area contributed by atoms with Gasteiger partial charge in [-0.05, 0) is 36.2 Å². The molecular formula is C20H21N3O2. The van der Waals surface area contributed by atoms with E-state index in [-0.39, 0.29) is 5.91 Å². The quantitative estimate of drug-likeness (QED) is 0.529. The highest BCUT2D eigenvalue weighted by atomic mass is 16.5. The molecule has 0 radical (unpaired) electrons. The Morgan fingerprint density at radius 1 is 1.20 bits per heavy atom. The number of ether oxygens (including phenoxy) is 1. The van der Waals surface area contributed by atoms with Crippen LogP contribution in [-0.4, -0.2) is 23.7 Å². The lowest BCUT2D eigenvalue weighted by Crippen LogP contribution is -2.17. The first kappa shape index (κ1) is 16.8. The van der Waals surface area contributed by atoms with E-state index in [0.29, 0.717) is 18.1 Å². The third-order valence-corrected chi connectivity index (χ3v) is 3.69. The van der Waals surface area contributed by atoms with Gasteiger partial charge in [-0.2, -0.15) is 5.10 Å². The molecule has 0 fully saturated rings. The van der Waals surface area contributed by atoms with Crippen LogP contribution in [0.15, 0.2) is 59.8 Å². The lowest BCUT2D eigenvalue weighted by atomic mass is 10.2. The minimum Gasteiger partial charge on any atom is -0.493 e. The lowest BCUT2D eigenvalue weighted by Gasteiger charge is -2.08. The second-order valence-electron chi connectivity index (χ2n) is 6.22. The highest BCUT2D eigenvalue weighted by molar-refractivity contribution is 6.00. The Bertz CT molecular complexity index is 879. The number of fused-ring (bicyclic) bond motifs is 1. The Kier molecular flexibility index (Phi) is 5.14. The van der Waals surface area contributed by atoms with Crippen molar-refractivity contribution >= 4 is 23.0 Å². The van der Waals surface area contributed by atoms with E-state index in [0.717, 1.165) is 22.2 Å². The van der Waals surface area contributed by atoms with Gasteiger partial charge in [-0.15, -0.1) is 0 Å². The fraction of sp³-hybridized carbons (Fsp3) is 0.200. The molecule has 1 amide bonds. The molecule has 0 saturated heterocycles. The number of rotatable bonds is 6. The van der Waals surface area contributed by atoms with Gasteiger partial charge in [0.1, 0.15) is 5.75 Å². The van der Waals surface area contributed by atoms with E-state index in [2.05, 4.69) is 29.4 Å². The smallest absolute Gasteiger partial charge is 0.271 e. The number of aromatic nitrogens is 1. The number of aromatic amines is 1.